The minimum atomic E-state index is -3.92. The highest BCUT2D eigenvalue weighted by molar-refractivity contribution is 5.62. The first-order chi connectivity index (χ1) is 13.4. The third kappa shape index (κ3) is 3.70. The van der Waals surface area contributed by atoms with Crippen LogP contribution in [-0.4, -0.2) is 11.2 Å². The topological polar surface area (TPSA) is 45.8 Å². The molecule has 0 radical (unpaired) electrons. The molecule has 1 aromatic heterocycles. The molecule has 0 saturated heterocycles. The van der Waals surface area contributed by atoms with Crippen LogP contribution in [0.5, 0.6) is 0 Å². The fourth-order valence-electron chi connectivity index (χ4n) is 3.00. The second-order valence-electron chi connectivity index (χ2n) is 6.51. The maximum atomic E-state index is 14.1. The summed E-state index contributed by atoms with van der Waals surface area (Å²) in [5, 5.41) is 9.33. The fraction of sp³-hybridized carbons (Fsp3) is 0.182. The Labute approximate surface area is 160 Å². The number of pyridine rings is 1. The van der Waals surface area contributed by atoms with Gasteiger partial charge in [-0.1, -0.05) is 60.2 Å². The summed E-state index contributed by atoms with van der Waals surface area (Å²) in [5.74, 6) is -3.92. The predicted molar refractivity (Wildman–Crippen MR) is 101 cm³/mol. The summed E-state index contributed by atoms with van der Waals surface area (Å²) in [4.78, 5) is 12.9. The Morgan fingerprint density at radius 2 is 1.71 bits per heavy atom. The molecule has 1 heterocycles. The molecule has 2 aromatic carbocycles. The van der Waals surface area contributed by atoms with Crippen LogP contribution >= 0.6 is 0 Å². The van der Waals surface area contributed by atoms with E-state index in [1.54, 1.807) is 30.3 Å². The number of rotatable bonds is 5. The van der Waals surface area contributed by atoms with E-state index in [0.29, 0.717) is 5.56 Å². The lowest BCUT2D eigenvalue weighted by molar-refractivity contribution is -0.0285. The Kier molecular flexibility index (Phi) is 5.36. The van der Waals surface area contributed by atoms with E-state index in [9.17, 15) is 23.2 Å². The summed E-state index contributed by atoms with van der Waals surface area (Å²) in [5.41, 5.74) is 0.0396. The number of aryl methyl sites for hydroxylation is 1. The number of benzene rings is 2. The molecular weight excluding hydrogens is 365 g/mol. The molecule has 6 heteroatoms. The lowest BCUT2D eigenvalue weighted by Gasteiger charge is -2.20. The van der Waals surface area contributed by atoms with Crippen LogP contribution in [-0.2, 0) is 12.5 Å². The second-order valence-corrected chi connectivity index (χ2v) is 6.51. The van der Waals surface area contributed by atoms with Crippen LogP contribution in [0.4, 0.5) is 13.2 Å². The van der Waals surface area contributed by atoms with Gasteiger partial charge in [0.2, 0.25) is 0 Å². The van der Waals surface area contributed by atoms with E-state index in [1.807, 2.05) is 31.2 Å². The van der Waals surface area contributed by atoms with Crippen molar-refractivity contribution in [1.82, 2.24) is 4.57 Å². The smallest absolute Gasteiger partial charge is 0.302 e. The number of halogens is 3. The Morgan fingerprint density at radius 3 is 2.29 bits per heavy atom. The average Bonchev–Trinajstić information content (AvgIpc) is 2.71. The lowest BCUT2D eigenvalue weighted by atomic mass is 10.00. The van der Waals surface area contributed by atoms with Gasteiger partial charge >= 0.3 is 5.92 Å². The Hall–Kier alpha value is -3.33. The third-order valence-electron chi connectivity index (χ3n) is 4.50. The van der Waals surface area contributed by atoms with Crippen LogP contribution in [0.2, 0.25) is 0 Å². The van der Waals surface area contributed by atoms with Gasteiger partial charge in [0.1, 0.15) is 11.6 Å². The van der Waals surface area contributed by atoms with Gasteiger partial charge in [0.05, 0.1) is 12.2 Å². The third-order valence-corrected chi connectivity index (χ3v) is 4.50. The number of nitrogens with zero attached hydrogens (tertiary/aromatic N) is 2. The standard InChI is InChI=1S/C22H17F3N2O/c1-15-7-9-16(10-8-15)13-27-20(17-5-3-2-4-6-17)11-19(22(24,25)14-23)18(12-26)21(27)28/h2-11H,13-14H2,1H3. The van der Waals surface area contributed by atoms with E-state index >= 15 is 0 Å². The molecule has 3 aromatic rings. The lowest BCUT2D eigenvalue weighted by Crippen LogP contribution is -2.30. The van der Waals surface area contributed by atoms with Gasteiger partial charge in [-0.25, -0.2) is 4.39 Å². The largest absolute Gasteiger partial charge is 0.303 e. The molecular formula is C22H17F3N2O. The van der Waals surface area contributed by atoms with Crippen LogP contribution in [0.25, 0.3) is 11.3 Å². The first-order valence-electron chi connectivity index (χ1n) is 8.60. The van der Waals surface area contributed by atoms with Crippen LogP contribution in [0, 0.1) is 18.3 Å². The van der Waals surface area contributed by atoms with Crippen molar-refractivity contribution in [2.24, 2.45) is 0 Å². The first kappa shape index (κ1) is 19.4. The zero-order chi connectivity index (χ0) is 20.3. The SMILES string of the molecule is Cc1ccc(Cn2c(-c3ccccc3)cc(C(F)(F)CF)c(C#N)c2=O)cc1. The molecule has 142 valence electrons. The fourth-order valence-corrected chi connectivity index (χ4v) is 3.00. The highest BCUT2D eigenvalue weighted by Crippen LogP contribution is 2.33. The molecule has 0 spiro atoms. The maximum Gasteiger partial charge on any atom is 0.302 e. The van der Waals surface area contributed by atoms with Crippen molar-refractivity contribution in [3.63, 3.8) is 0 Å². The Balaban J connectivity index is 2.29. The van der Waals surface area contributed by atoms with Crippen molar-refractivity contribution in [3.05, 3.63) is 93.3 Å². The summed E-state index contributed by atoms with van der Waals surface area (Å²) in [6.07, 6.45) is 0. The van der Waals surface area contributed by atoms with Gasteiger partial charge in [-0.05, 0) is 24.1 Å². The average molecular weight is 382 g/mol. The van der Waals surface area contributed by atoms with Crippen LogP contribution in [0.15, 0.2) is 65.5 Å². The van der Waals surface area contributed by atoms with E-state index in [-0.39, 0.29) is 12.2 Å². The van der Waals surface area contributed by atoms with Gasteiger partial charge in [-0.3, -0.25) is 4.79 Å². The van der Waals surface area contributed by atoms with Crippen molar-refractivity contribution < 1.29 is 13.2 Å². The number of hydrogen-bond acceptors (Lipinski definition) is 2. The number of nitriles is 1. The summed E-state index contributed by atoms with van der Waals surface area (Å²) in [6, 6.07) is 18.5. The molecule has 0 aliphatic rings. The summed E-state index contributed by atoms with van der Waals surface area (Å²) >= 11 is 0. The van der Waals surface area contributed by atoms with Gasteiger partial charge in [0.15, 0.2) is 6.67 Å². The van der Waals surface area contributed by atoms with Crippen LogP contribution in [0.3, 0.4) is 0 Å². The maximum absolute atomic E-state index is 14.1. The monoisotopic (exact) mass is 382 g/mol. The van der Waals surface area contributed by atoms with E-state index in [2.05, 4.69) is 0 Å². The highest BCUT2D eigenvalue weighted by Gasteiger charge is 2.37. The molecule has 0 bridgehead atoms. The molecule has 0 N–H and O–H groups in total. The number of hydrogen-bond donors (Lipinski definition) is 0. The highest BCUT2D eigenvalue weighted by atomic mass is 19.3. The first-order valence-corrected chi connectivity index (χ1v) is 8.60. The minimum absolute atomic E-state index is 0.0967. The van der Waals surface area contributed by atoms with Crippen molar-refractivity contribution in [1.29, 1.82) is 5.26 Å². The zero-order valence-electron chi connectivity index (χ0n) is 15.1. The number of aromatic nitrogens is 1. The second kappa shape index (κ2) is 7.73. The van der Waals surface area contributed by atoms with Gasteiger partial charge in [-0.15, -0.1) is 0 Å². The van der Waals surface area contributed by atoms with Crippen LogP contribution in [0.1, 0.15) is 22.3 Å². The van der Waals surface area contributed by atoms with E-state index in [1.165, 1.54) is 10.6 Å². The summed E-state index contributed by atoms with van der Waals surface area (Å²) in [7, 11) is 0. The van der Waals surface area contributed by atoms with Crippen molar-refractivity contribution in [2.75, 3.05) is 6.67 Å². The molecule has 0 unspecified atom stereocenters. The van der Waals surface area contributed by atoms with Crippen molar-refractivity contribution in [3.8, 4) is 17.3 Å². The van der Waals surface area contributed by atoms with Crippen molar-refractivity contribution >= 4 is 0 Å². The zero-order valence-corrected chi connectivity index (χ0v) is 15.1. The number of alkyl halides is 3. The molecule has 3 nitrogen and oxygen atoms in total. The molecule has 28 heavy (non-hydrogen) atoms. The Morgan fingerprint density at radius 1 is 1.07 bits per heavy atom. The molecule has 0 saturated carbocycles. The molecule has 0 aliphatic heterocycles. The van der Waals surface area contributed by atoms with Gasteiger partial charge in [0, 0.05) is 5.56 Å². The van der Waals surface area contributed by atoms with Gasteiger partial charge in [0.25, 0.3) is 5.56 Å². The quantitative estimate of drug-likeness (QED) is 0.636. The minimum Gasteiger partial charge on any atom is -0.303 e. The Bertz CT molecular complexity index is 1080. The summed E-state index contributed by atoms with van der Waals surface area (Å²) in [6.45, 7) is 0.0315. The molecule has 3 rings (SSSR count). The van der Waals surface area contributed by atoms with Crippen molar-refractivity contribution in [2.45, 2.75) is 19.4 Å². The van der Waals surface area contributed by atoms with E-state index < -0.39 is 29.3 Å². The summed E-state index contributed by atoms with van der Waals surface area (Å²) < 4.78 is 42.5. The van der Waals surface area contributed by atoms with E-state index in [4.69, 9.17) is 0 Å². The molecule has 0 amide bonds. The molecule has 0 fully saturated rings. The predicted octanol–water partition coefficient (Wildman–Crippen LogP) is 4.81. The van der Waals surface area contributed by atoms with E-state index in [0.717, 1.165) is 17.2 Å². The molecule has 0 aliphatic carbocycles. The van der Waals surface area contributed by atoms with Gasteiger partial charge in [-0.2, -0.15) is 14.0 Å². The normalized spacial score (nSPS) is 11.2. The van der Waals surface area contributed by atoms with Gasteiger partial charge < -0.3 is 4.57 Å². The van der Waals surface area contributed by atoms with Crippen LogP contribution < -0.4 is 5.56 Å². The molecule has 0 atom stereocenters.